The number of imidazole rings is 1. The van der Waals surface area contributed by atoms with E-state index in [1.807, 2.05) is 48.5 Å². The van der Waals surface area contributed by atoms with E-state index in [-0.39, 0.29) is 5.91 Å². The molecule has 1 unspecified atom stereocenters. The lowest BCUT2D eigenvalue weighted by Gasteiger charge is -2.26. The number of amides is 1. The molecular weight excluding hydrogens is 494 g/mol. The number of ether oxygens (including phenoxy) is 1. The quantitative estimate of drug-likeness (QED) is 0.314. The molecule has 1 aromatic heterocycles. The zero-order valence-corrected chi connectivity index (χ0v) is 20.8. The van der Waals surface area contributed by atoms with Gasteiger partial charge in [0.25, 0.3) is 5.91 Å². The molecule has 6 rings (SSSR count). The smallest absolute Gasteiger partial charge is 0.254 e. The van der Waals surface area contributed by atoms with Crippen LogP contribution in [0.4, 0.5) is 0 Å². The first kappa shape index (κ1) is 22.9. The zero-order chi connectivity index (χ0) is 24.6. The Morgan fingerprint density at radius 2 is 1.67 bits per heavy atom. The van der Waals surface area contributed by atoms with E-state index in [0.29, 0.717) is 58.6 Å². The normalized spacial score (nSPS) is 14.9. The van der Waals surface area contributed by atoms with E-state index in [0.717, 1.165) is 16.3 Å². The summed E-state index contributed by atoms with van der Waals surface area (Å²) in [6.45, 7) is 2.20. The van der Waals surface area contributed by atoms with Gasteiger partial charge in [-0.2, -0.15) is 0 Å². The maximum absolute atomic E-state index is 13.9. The topological polar surface area (TPSA) is 64.4 Å². The fourth-order valence-electron chi connectivity index (χ4n) is 4.55. The summed E-state index contributed by atoms with van der Waals surface area (Å²) in [4.78, 5) is 20.5. The minimum Gasteiger partial charge on any atom is -0.378 e. The molecule has 180 valence electrons. The van der Waals surface area contributed by atoms with Crippen LogP contribution in [-0.2, 0) is 15.7 Å². The van der Waals surface area contributed by atoms with Gasteiger partial charge in [0.15, 0.2) is 16.8 Å². The standard InChI is InChI=1S/C28H22ClN3O3S/c29-21-9-11-22(12-10-21)36(34)32-26-13-8-20(28(33)31-14-16-35-17-15-31)18-25(26)30-27(32)24-7-3-5-19-4-1-2-6-23(19)24/h1-13,18H,14-17H2. The van der Waals surface area contributed by atoms with Crippen molar-refractivity contribution in [3.63, 3.8) is 0 Å². The van der Waals surface area contributed by atoms with Crippen LogP contribution >= 0.6 is 11.6 Å². The van der Waals surface area contributed by atoms with Crippen molar-refractivity contribution in [2.45, 2.75) is 4.90 Å². The number of nitrogens with zero attached hydrogens (tertiary/aromatic N) is 3. The highest BCUT2D eigenvalue weighted by Gasteiger charge is 2.23. The number of rotatable bonds is 4. The predicted octanol–water partition coefficient (Wildman–Crippen LogP) is 5.55. The number of hydrogen-bond donors (Lipinski definition) is 0. The lowest BCUT2D eigenvalue weighted by atomic mass is 10.0. The van der Waals surface area contributed by atoms with Crippen molar-refractivity contribution in [3.8, 4) is 11.4 Å². The molecule has 2 heterocycles. The van der Waals surface area contributed by atoms with Gasteiger partial charge in [-0.25, -0.2) is 13.2 Å². The van der Waals surface area contributed by atoms with Crippen LogP contribution < -0.4 is 0 Å². The van der Waals surface area contributed by atoms with Gasteiger partial charge in [-0.1, -0.05) is 54.1 Å². The highest BCUT2D eigenvalue weighted by molar-refractivity contribution is 7.83. The number of halogens is 1. The molecule has 4 aromatic carbocycles. The summed E-state index contributed by atoms with van der Waals surface area (Å²) in [6, 6.07) is 26.4. The molecule has 1 saturated heterocycles. The average molecular weight is 516 g/mol. The van der Waals surface area contributed by atoms with E-state index >= 15 is 0 Å². The van der Waals surface area contributed by atoms with Crippen LogP contribution in [-0.4, -0.2) is 50.3 Å². The molecule has 1 aliphatic rings. The van der Waals surface area contributed by atoms with Gasteiger partial charge < -0.3 is 9.64 Å². The van der Waals surface area contributed by atoms with E-state index < -0.39 is 11.0 Å². The van der Waals surface area contributed by atoms with Crippen molar-refractivity contribution in [2.75, 3.05) is 26.3 Å². The van der Waals surface area contributed by atoms with Crippen LogP contribution in [0.2, 0.25) is 5.02 Å². The number of morpholine rings is 1. The van der Waals surface area contributed by atoms with Crippen molar-refractivity contribution < 1.29 is 13.7 Å². The summed E-state index contributed by atoms with van der Waals surface area (Å²) in [5.41, 5.74) is 2.72. The molecule has 5 aromatic rings. The third kappa shape index (κ3) is 4.09. The third-order valence-corrected chi connectivity index (χ3v) is 8.00. The second kappa shape index (κ2) is 9.50. The molecule has 8 heteroatoms. The zero-order valence-electron chi connectivity index (χ0n) is 19.3. The molecular formula is C28H22ClN3O3S. The number of carbonyl (C=O) groups excluding carboxylic acids is 1. The molecule has 1 amide bonds. The molecule has 0 spiro atoms. The Morgan fingerprint density at radius 3 is 2.47 bits per heavy atom. The van der Waals surface area contributed by atoms with Crippen LogP contribution in [0.1, 0.15) is 10.4 Å². The van der Waals surface area contributed by atoms with Crippen LogP contribution in [0.3, 0.4) is 0 Å². The van der Waals surface area contributed by atoms with Gasteiger partial charge >= 0.3 is 0 Å². The largest absolute Gasteiger partial charge is 0.378 e. The maximum Gasteiger partial charge on any atom is 0.254 e. The minimum atomic E-state index is -1.59. The van der Waals surface area contributed by atoms with E-state index in [4.69, 9.17) is 21.3 Å². The Morgan fingerprint density at radius 1 is 0.917 bits per heavy atom. The summed E-state index contributed by atoms with van der Waals surface area (Å²) < 4.78 is 21.1. The second-order valence-electron chi connectivity index (χ2n) is 8.57. The molecule has 0 radical (unpaired) electrons. The molecule has 36 heavy (non-hydrogen) atoms. The van der Waals surface area contributed by atoms with Crippen LogP contribution in [0.5, 0.6) is 0 Å². The van der Waals surface area contributed by atoms with Gasteiger partial charge in [0.1, 0.15) is 0 Å². The molecule has 1 aliphatic heterocycles. The molecule has 0 aliphatic carbocycles. The lowest BCUT2D eigenvalue weighted by molar-refractivity contribution is 0.0303. The first-order valence-electron chi connectivity index (χ1n) is 11.7. The van der Waals surface area contributed by atoms with Crippen molar-refractivity contribution in [2.24, 2.45) is 0 Å². The summed E-state index contributed by atoms with van der Waals surface area (Å²) >= 11 is 6.08. The van der Waals surface area contributed by atoms with Crippen molar-refractivity contribution in [1.82, 2.24) is 13.9 Å². The SMILES string of the molecule is O=C(c1ccc2c(c1)nc(-c1cccc3ccccc13)n2S(=O)c1ccc(Cl)cc1)N1CCOCC1. The van der Waals surface area contributed by atoms with Gasteiger partial charge in [0, 0.05) is 29.2 Å². The Balaban J connectivity index is 1.54. The van der Waals surface area contributed by atoms with E-state index in [1.54, 1.807) is 45.3 Å². The Kier molecular flexibility index (Phi) is 6.05. The first-order valence-corrected chi connectivity index (χ1v) is 13.1. The number of fused-ring (bicyclic) bond motifs is 2. The maximum atomic E-state index is 13.9. The predicted molar refractivity (Wildman–Crippen MR) is 143 cm³/mol. The van der Waals surface area contributed by atoms with Crippen molar-refractivity contribution in [1.29, 1.82) is 0 Å². The Bertz CT molecular complexity index is 1620. The van der Waals surface area contributed by atoms with Gasteiger partial charge in [0.05, 0.1) is 29.1 Å². The van der Waals surface area contributed by atoms with Crippen LogP contribution in [0.15, 0.2) is 89.8 Å². The highest BCUT2D eigenvalue weighted by Crippen LogP contribution is 2.33. The minimum absolute atomic E-state index is 0.0553. The molecule has 1 atom stereocenters. The Hall–Kier alpha value is -3.52. The lowest BCUT2D eigenvalue weighted by Crippen LogP contribution is -2.40. The van der Waals surface area contributed by atoms with Gasteiger partial charge in [-0.15, -0.1) is 0 Å². The van der Waals surface area contributed by atoms with E-state index in [2.05, 4.69) is 0 Å². The summed E-state index contributed by atoms with van der Waals surface area (Å²) in [5, 5.41) is 2.65. The number of hydrogen-bond acceptors (Lipinski definition) is 4. The monoisotopic (exact) mass is 515 g/mol. The fraction of sp³-hybridized carbons (Fsp3) is 0.143. The van der Waals surface area contributed by atoms with Gasteiger partial charge in [-0.05, 0) is 53.2 Å². The van der Waals surface area contributed by atoms with Gasteiger partial charge in [0.2, 0.25) is 0 Å². The summed E-state index contributed by atoms with van der Waals surface area (Å²) in [7, 11) is -1.59. The molecule has 6 nitrogen and oxygen atoms in total. The third-order valence-electron chi connectivity index (χ3n) is 6.37. The molecule has 0 N–H and O–H groups in total. The summed E-state index contributed by atoms with van der Waals surface area (Å²) in [6.07, 6.45) is 0. The molecule has 1 fully saturated rings. The van der Waals surface area contributed by atoms with Crippen LogP contribution in [0, 0.1) is 0 Å². The van der Waals surface area contributed by atoms with E-state index in [1.165, 1.54) is 0 Å². The van der Waals surface area contributed by atoms with Crippen molar-refractivity contribution >= 4 is 50.3 Å². The number of aromatic nitrogens is 2. The molecule has 0 bridgehead atoms. The van der Waals surface area contributed by atoms with Crippen molar-refractivity contribution in [3.05, 3.63) is 95.5 Å². The summed E-state index contributed by atoms with van der Waals surface area (Å²) in [5.74, 6) is 0.520. The number of carbonyl (C=O) groups is 1. The fourth-order valence-corrected chi connectivity index (χ4v) is 5.89. The Labute approximate surface area is 215 Å². The average Bonchev–Trinajstić information content (AvgIpc) is 3.31. The van der Waals surface area contributed by atoms with E-state index in [9.17, 15) is 9.00 Å². The van der Waals surface area contributed by atoms with Crippen LogP contribution in [0.25, 0.3) is 33.2 Å². The van der Waals surface area contributed by atoms with Gasteiger partial charge in [-0.3, -0.25) is 4.79 Å². The first-order chi connectivity index (χ1) is 17.6. The molecule has 0 saturated carbocycles. The second-order valence-corrected chi connectivity index (χ2v) is 10.3. The highest BCUT2D eigenvalue weighted by atomic mass is 35.5. The number of benzene rings is 4.